The second-order valence-electron chi connectivity index (χ2n) is 6.80. The Bertz CT molecular complexity index is 678. The number of carbonyl (C=O) groups excluding carboxylic acids is 3. The molecule has 25 heavy (non-hydrogen) atoms. The number of carbonyl (C=O) groups is 3. The molecule has 0 radical (unpaired) electrons. The highest BCUT2D eigenvalue weighted by Crippen LogP contribution is 2.31. The third-order valence-corrected chi connectivity index (χ3v) is 5.24. The van der Waals surface area contributed by atoms with Gasteiger partial charge in [0.15, 0.2) is 0 Å². The highest BCUT2D eigenvalue weighted by molar-refractivity contribution is 6.00. The third-order valence-electron chi connectivity index (χ3n) is 5.24. The predicted molar refractivity (Wildman–Crippen MR) is 96.6 cm³/mol. The Labute approximate surface area is 148 Å². The monoisotopic (exact) mass is 340 g/mol. The van der Waals surface area contributed by atoms with Crippen molar-refractivity contribution < 1.29 is 14.4 Å². The molecule has 1 fully saturated rings. The lowest BCUT2D eigenvalue weighted by Crippen LogP contribution is -2.36. The van der Waals surface area contributed by atoms with Gasteiger partial charge in [0.25, 0.3) is 5.91 Å². The van der Waals surface area contributed by atoms with E-state index in [1.807, 2.05) is 12.1 Å². The zero-order valence-corrected chi connectivity index (χ0v) is 14.4. The highest BCUT2D eigenvalue weighted by Gasteiger charge is 2.32. The van der Waals surface area contributed by atoms with Crippen molar-refractivity contribution in [2.45, 2.75) is 38.3 Å². The topological polar surface area (TPSA) is 57.7 Å². The van der Waals surface area contributed by atoms with E-state index in [4.69, 9.17) is 0 Å². The summed E-state index contributed by atoms with van der Waals surface area (Å²) in [6, 6.07) is 5.50. The number of anilines is 1. The number of hydrogen-bond acceptors (Lipinski definition) is 4. The molecule has 3 rings (SSSR count). The normalized spacial score (nSPS) is 18.8. The van der Waals surface area contributed by atoms with Gasteiger partial charge in [-0.15, -0.1) is 6.58 Å². The molecule has 0 N–H and O–H groups in total. The number of aldehydes is 2. The van der Waals surface area contributed by atoms with Crippen molar-refractivity contribution in [2.24, 2.45) is 5.92 Å². The van der Waals surface area contributed by atoms with Crippen molar-refractivity contribution in [3.05, 3.63) is 42.0 Å². The summed E-state index contributed by atoms with van der Waals surface area (Å²) < 4.78 is 0. The first-order valence-corrected chi connectivity index (χ1v) is 8.88. The van der Waals surface area contributed by atoms with E-state index in [1.54, 1.807) is 11.0 Å². The van der Waals surface area contributed by atoms with Gasteiger partial charge in [-0.05, 0) is 49.4 Å². The van der Waals surface area contributed by atoms with E-state index >= 15 is 0 Å². The van der Waals surface area contributed by atoms with E-state index < -0.39 is 6.04 Å². The summed E-state index contributed by atoms with van der Waals surface area (Å²) in [7, 11) is 0. The van der Waals surface area contributed by atoms with E-state index in [0.29, 0.717) is 24.9 Å². The smallest absolute Gasteiger partial charge is 0.255 e. The maximum Gasteiger partial charge on any atom is 0.255 e. The molecule has 2 aliphatic rings. The Morgan fingerprint density at radius 1 is 1.24 bits per heavy atom. The lowest BCUT2D eigenvalue weighted by Gasteiger charge is -2.31. The van der Waals surface area contributed by atoms with Crippen LogP contribution in [-0.4, -0.2) is 42.5 Å². The van der Waals surface area contributed by atoms with Gasteiger partial charge in [0.1, 0.15) is 12.6 Å². The molecule has 5 nitrogen and oxygen atoms in total. The van der Waals surface area contributed by atoms with Crippen molar-refractivity contribution in [3.8, 4) is 0 Å². The van der Waals surface area contributed by atoms with Crippen LogP contribution >= 0.6 is 0 Å². The van der Waals surface area contributed by atoms with Crippen molar-refractivity contribution in [1.82, 2.24) is 4.90 Å². The second-order valence-corrected chi connectivity index (χ2v) is 6.80. The molecule has 1 amide bonds. The van der Waals surface area contributed by atoms with Gasteiger partial charge in [0.2, 0.25) is 0 Å². The van der Waals surface area contributed by atoms with E-state index in [-0.39, 0.29) is 11.8 Å². The molecule has 1 atom stereocenters. The van der Waals surface area contributed by atoms with Crippen LogP contribution in [0.5, 0.6) is 0 Å². The number of amides is 1. The maximum absolute atomic E-state index is 12.6. The Morgan fingerprint density at radius 3 is 2.64 bits per heavy atom. The van der Waals surface area contributed by atoms with Crippen LogP contribution in [0.25, 0.3) is 0 Å². The number of hydrogen-bond donors (Lipinski definition) is 0. The van der Waals surface area contributed by atoms with Crippen LogP contribution in [0.15, 0.2) is 30.9 Å². The molecule has 5 heteroatoms. The number of fused-ring (bicyclic) bond motifs is 1. The Kier molecular flexibility index (Phi) is 5.31. The molecule has 0 aliphatic carbocycles. The molecule has 2 heterocycles. The minimum Gasteiger partial charge on any atom is -0.371 e. The highest BCUT2D eigenvalue weighted by atomic mass is 16.2. The predicted octanol–water partition coefficient (Wildman–Crippen LogP) is 2.59. The molecule has 2 aliphatic heterocycles. The largest absolute Gasteiger partial charge is 0.371 e. The fourth-order valence-electron chi connectivity index (χ4n) is 3.67. The molecule has 0 spiro atoms. The Hall–Kier alpha value is -2.43. The standard InChI is InChI=1S/C20H24N2O3/c1-2-3-4-18(14-24)22-12-16-11-17(5-6-19(16)20(22)25)21-9-7-15(13-23)8-10-21/h2,5-6,11,13-15,18H,1,3-4,7-10,12H2. The van der Waals surface area contributed by atoms with Crippen LogP contribution in [0, 0.1) is 5.92 Å². The van der Waals surface area contributed by atoms with E-state index in [0.717, 1.165) is 49.8 Å². The van der Waals surface area contributed by atoms with E-state index in [9.17, 15) is 14.4 Å². The second kappa shape index (κ2) is 7.64. The molecule has 0 aromatic heterocycles. The van der Waals surface area contributed by atoms with Gasteiger partial charge < -0.3 is 19.4 Å². The number of benzene rings is 1. The van der Waals surface area contributed by atoms with Crippen LogP contribution in [-0.2, 0) is 16.1 Å². The van der Waals surface area contributed by atoms with E-state index in [2.05, 4.69) is 17.5 Å². The third kappa shape index (κ3) is 3.50. The van der Waals surface area contributed by atoms with Gasteiger partial charge >= 0.3 is 0 Å². The molecular weight excluding hydrogens is 316 g/mol. The molecular formula is C20H24N2O3. The van der Waals surface area contributed by atoms with Crippen molar-refractivity contribution in [1.29, 1.82) is 0 Å². The number of nitrogens with zero attached hydrogens (tertiary/aromatic N) is 2. The fourth-order valence-corrected chi connectivity index (χ4v) is 3.67. The summed E-state index contributed by atoms with van der Waals surface area (Å²) >= 11 is 0. The molecule has 132 valence electrons. The minimum absolute atomic E-state index is 0.0672. The summed E-state index contributed by atoms with van der Waals surface area (Å²) in [4.78, 5) is 38.8. The number of piperidine rings is 1. The molecule has 1 unspecified atom stereocenters. The zero-order chi connectivity index (χ0) is 17.8. The summed E-state index contributed by atoms with van der Waals surface area (Å²) in [5.74, 6) is 0.100. The number of rotatable bonds is 7. The summed E-state index contributed by atoms with van der Waals surface area (Å²) in [6.45, 7) is 5.87. The Balaban J connectivity index is 1.74. The van der Waals surface area contributed by atoms with Gasteiger partial charge in [-0.1, -0.05) is 6.08 Å². The van der Waals surface area contributed by atoms with E-state index in [1.165, 1.54) is 0 Å². The van der Waals surface area contributed by atoms with Crippen LogP contribution in [0.3, 0.4) is 0 Å². The van der Waals surface area contributed by atoms with Crippen LogP contribution in [0.4, 0.5) is 5.69 Å². The van der Waals surface area contributed by atoms with Gasteiger partial charge in [-0.2, -0.15) is 0 Å². The lowest BCUT2D eigenvalue weighted by molar-refractivity contribution is -0.112. The lowest BCUT2D eigenvalue weighted by atomic mass is 9.97. The summed E-state index contributed by atoms with van der Waals surface area (Å²) in [6.07, 6.45) is 6.75. The van der Waals surface area contributed by atoms with Crippen LogP contribution in [0.2, 0.25) is 0 Å². The van der Waals surface area contributed by atoms with Crippen molar-refractivity contribution >= 4 is 24.2 Å². The molecule has 0 bridgehead atoms. The first-order valence-electron chi connectivity index (χ1n) is 8.88. The van der Waals surface area contributed by atoms with Gasteiger partial charge in [0.05, 0.1) is 6.04 Å². The molecule has 1 aromatic carbocycles. The minimum atomic E-state index is -0.398. The average molecular weight is 340 g/mol. The van der Waals surface area contributed by atoms with Crippen molar-refractivity contribution in [2.75, 3.05) is 18.0 Å². The molecule has 0 saturated carbocycles. The summed E-state index contributed by atoms with van der Waals surface area (Å²) in [5, 5.41) is 0. The SMILES string of the molecule is C=CCCC(C=O)N1Cc2cc(N3CCC(C=O)CC3)ccc2C1=O. The Morgan fingerprint density at radius 2 is 2.00 bits per heavy atom. The molecule has 1 saturated heterocycles. The quantitative estimate of drug-likeness (QED) is 0.565. The first-order chi connectivity index (χ1) is 12.2. The van der Waals surface area contributed by atoms with Gasteiger partial charge in [-0.25, -0.2) is 0 Å². The van der Waals surface area contributed by atoms with Crippen LogP contribution < -0.4 is 4.90 Å². The van der Waals surface area contributed by atoms with Gasteiger partial charge in [0, 0.05) is 36.8 Å². The van der Waals surface area contributed by atoms with Crippen LogP contribution in [0.1, 0.15) is 41.6 Å². The first kappa shape index (κ1) is 17.4. The fraction of sp³-hybridized carbons (Fsp3) is 0.450. The van der Waals surface area contributed by atoms with Crippen molar-refractivity contribution in [3.63, 3.8) is 0 Å². The zero-order valence-electron chi connectivity index (χ0n) is 14.4. The maximum atomic E-state index is 12.6. The summed E-state index contributed by atoms with van der Waals surface area (Å²) in [5.41, 5.74) is 2.76. The molecule has 1 aromatic rings. The average Bonchev–Trinajstić information content (AvgIpc) is 2.98. The number of allylic oxidation sites excluding steroid dienone is 1. The van der Waals surface area contributed by atoms with Gasteiger partial charge in [-0.3, -0.25) is 4.79 Å².